The van der Waals surface area contributed by atoms with Crippen molar-refractivity contribution < 1.29 is 8.42 Å². The van der Waals surface area contributed by atoms with Gasteiger partial charge in [-0.2, -0.15) is 0 Å². The van der Waals surface area contributed by atoms with Crippen molar-refractivity contribution in [2.24, 2.45) is 0 Å². The molecule has 0 amide bonds. The lowest BCUT2D eigenvalue weighted by Crippen LogP contribution is -2.50. The van der Waals surface area contributed by atoms with E-state index in [1.54, 1.807) is 0 Å². The molecule has 100 valence electrons. The van der Waals surface area contributed by atoms with Crippen LogP contribution in [-0.4, -0.2) is 26.8 Å². The van der Waals surface area contributed by atoms with E-state index in [0.717, 1.165) is 23.4 Å². The van der Waals surface area contributed by atoms with Crippen LogP contribution in [0.15, 0.2) is 18.2 Å². The van der Waals surface area contributed by atoms with Crippen LogP contribution >= 0.6 is 0 Å². The molecule has 1 aliphatic heterocycles. The van der Waals surface area contributed by atoms with Crippen LogP contribution in [0.2, 0.25) is 0 Å². The highest BCUT2D eigenvalue weighted by molar-refractivity contribution is 7.92. The van der Waals surface area contributed by atoms with Crippen molar-refractivity contribution in [2.75, 3.05) is 22.4 Å². The first-order chi connectivity index (χ1) is 8.24. The zero-order valence-electron chi connectivity index (χ0n) is 11.3. The molecule has 0 saturated carbocycles. The molecule has 18 heavy (non-hydrogen) atoms. The zero-order valence-corrected chi connectivity index (χ0v) is 12.1. The summed E-state index contributed by atoms with van der Waals surface area (Å²) in [6, 6.07) is 5.81. The molecule has 4 nitrogen and oxygen atoms in total. The van der Waals surface area contributed by atoms with Crippen molar-refractivity contribution in [1.82, 2.24) is 0 Å². The number of nitrogens with zero attached hydrogens (tertiary/aromatic N) is 1. The van der Waals surface area contributed by atoms with Gasteiger partial charge in [-0.3, -0.25) is 4.31 Å². The van der Waals surface area contributed by atoms with Gasteiger partial charge in [-0.15, -0.1) is 0 Å². The van der Waals surface area contributed by atoms with Gasteiger partial charge in [0.15, 0.2) is 0 Å². The molecule has 2 rings (SSSR count). The Morgan fingerprint density at radius 3 is 2.61 bits per heavy atom. The third-order valence-corrected chi connectivity index (χ3v) is 4.31. The summed E-state index contributed by atoms with van der Waals surface area (Å²) in [7, 11) is -3.24. The van der Waals surface area contributed by atoms with Gasteiger partial charge < -0.3 is 5.32 Å². The van der Waals surface area contributed by atoms with E-state index in [9.17, 15) is 8.42 Å². The Balaban J connectivity index is 2.64. The predicted molar refractivity (Wildman–Crippen MR) is 75.7 cm³/mol. The fourth-order valence-electron chi connectivity index (χ4n) is 2.35. The molecule has 0 unspecified atom stereocenters. The molecule has 5 heteroatoms. The van der Waals surface area contributed by atoms with E-state index >= 15 is 0 Å². The van der Waals surface area contributed by atoms with E-state index in [1.807, 2.05) is 32.0 Å². The molecule has 0 radical (unpaired) electrons. The smallest absolute Gasteiger partial charge is 0.232 e. The first-order valence-electron chi connectivity index (χ1n) is 6.12. The SMILES string of the molecule is CCc1cccc2c1NC(C)(C)CN2S(C)(=O)=O. The summed E-state index contributed by atoms with van der Waals surface area (Å²) < 4.78 is 25.4. The number of aryl methyl sites for hydroxylation is 1. The second-order valence-corrected chi connectivity index (χ2v) is 7.35. The topological polar surface area (TPSA) is 49.4 Å². The van der Waals surface area contributed by atoms with Gasteiger partial charge in [-0.1, -0.05) is 19.1 Å². The van der Waals surface area contributed by atoms with Gasteiger partial charge in [0.2, 0.25) is 10.0 Å². The van der Waals surface area contributed by atoms with Crippen LogP contribution in [0.4, 0.5) is 11.4 Å². The second kappa shape index (κ2) is 4.16. The van der Waals surface area contributed by atoms with E-state index in [4.69, 9.17) is 0 Å². The normalized spacial score (nSPS) is 18.1. The lowest BCUT2D eigenvalue weighted by atomic mass is 9.98. The van der Waals surface area contributed by atoms with E-state index in [-0.39, 0.29) is 5.54 Å². The Labute approximate surface area is 109 Å². The second-order valence-electron chi connectivity index (χ2n) is 5.44. The Morgan fingerprint density at radius 2 is 2.06 bits per heavy atom. The fraction of sp³-hybridized carbons (Fsp3) is 0.538. The Hall–Kier alpha value is -1.23. The molecule has 0 saturated heterocycles. The van der Waals surface area contributed by atoms with Crippen molar-refractivity contribution >= 4 is 21.4 Å². The van der Waals surface area contributed by atoms with E-state index in [2.05, 4.69) is 12.2 Å². The third kappa shape index (κ3) is 2.32. The average Bonchev–Trinajstić information content (AvgIpc) is 2.24. The highest BCUT2D eigenvalue weighted by Gasteiger charge is 2.34. The van der Waals surface area contributed by atoms with Gasteiger partial charge in [-0.25, -0.2) is 8.42 Å². The Morgan fingerprint density at radius 1 is 1.39 bits per heavy atom. The van der Waals surface area contributed by atoms with Gasteiger partial charge >= 0.3 is 0 Å². The first-order valence-corrected chi connectivity index (χ1v) is 7.97. The fourth-order valence-corrected chi connectivity index (χ4v) is 3.42. The number of fused-ring (bicyclic) bond motifs is 1. The van der Waals surface area contributed by atoms with Gasteiger partial charge in [0, 0.05) is 0 Å². The maximum atomic E-state index is 11.9. The highest BCUT2D eigenvalue weighted by Crippen LogP contribution is 2.38. The molecule has 0 atom stereocenters. The molecular weight excluding hydrogens is 248 g/mol. The van der Waals surface area contributed by atoms with E-state index in [0.29, 0.717) is 6.54 Å². The van der Waals surface area contributed by atoms with Crippen molar-refractivity contribution in [2.45, 2.75) is 32.7 Å². The average molecular weight is 268 g/mol. The monoisotopic (exact) mass is 268 g/mol. The molecule has 1 aromatic rings. The predicted octanol–water partition coefficient (Wildman–Crippen LogP) is 2.22. The summed E-state index contributed by atoms with van der Waals surface area (Å²) in [6.45, 7) is 6.55. The molecule has 0 bridgehead atoms. The maximum Gasteiger partial charge on any atom is 0.232 e. The molecular formula is C13H20N2O2S. The highest BCUT2D eigenvalue weighted by atomic mass is 32.2. The number of para-hydroxylation sites is 1. The Bertz CT molecular complexity index is 564. The van der Waals surface area contributed by atoms with Crippen LogP contribution in [0.25, 0.3) is 0 Å². The van der Waals surface area contributed by atoms with E-state index < -0.39 is 10.0 Å². The molecule has 1 N–H and O–H groups in total. The van der Waals surface area contributed by atoms with Crippen LogP contribution in [0, 0.1) is 0 Å². The van der Waals surface area contributed by atoms with E-state index in [1.165, 1.54) is 10.6 Å². The number of sulfonamides is 1. The summed E-state index contributed by atoms with van der Waals surface area (Å²) in [4.78, 5) is 0. The lowest BCUT2D eigenvalue weighted by Gasteiger charge is -2.41. The van der Waals surface area contributed by atoms with Crippen molar-refractivity contribution in [3.05, 3.63) is 23.8 Å². The molecule has 0 aliphatic carbocycles. The lowest BCUT2D eigenvalue weighted by molar-refractivity contribution is 0.545. The molecule has 0 aromatic heterocycles. The van der Waals surface area contributed by atoms with Gasteiger partial charge in [0.1, 0.15) is 0 Å². The number of rotatable bonds is 2. The number of nitrogens with one attached hydrogen (secondary N) is 1. The first kappa shape index (κ1) is 13.2. The number of anilines is 2. The van der Waals surface area contributed by atoms with Crippen LogP contribution in [0.3, 0.4) is 0 Å². The maximum absolute atomic E-state index is 11.9. The van der Waals surface area contributed by atoms with Crippen molar-refractivity contribution in [1.29, 1.82) is 0 Å². The summed E-state index contributed by atoms with van der Waals surface area (Å²) in [6.07, 6.45) is 2.14. The summed E-state index contributed by atoms with van der Waals surface area (Å²) >= 11 is 0. The van der Waals surface area contributed by atoms with Gasteiger partial charge in [-0.05, 0) is 31.9 Å². The van der Waals surface area contributed by atoms with Crippen molar-refractivity contribution in [3.63, 3.8) is 0 Å². The van der Waals surface area contributed by atoms with Crippen LogP contribution < -0.4 is 9.62 Å². The minimum atomic E-state index is -3.24. The summed E-state index contributed by atoms with van der Waals surface area (Å²) in [5.74, 6) is 0. The minimum absolute atomic E-state index is 0.263. The quantitative estimate of drug-likeness (QED) is 0.894. The minimum Gasteiger partial charge on any atom is -0.376 e. The third-order valence-electron chi connectivity index (χ3n) is 3.18. The van der Waals surface area contributed by atoms with Gasteiger partial charge in [0.25, 0.3) is 0 Å². The van der Waals surface area contributed by atoms with Gasteiger partial charge in [0.05, 0.1) is 29.7 Å². The molecule has 0 spiro atoms. The van der Waals surface area contributed by atoms with Crippen molar-refractivity contribution in [3.8, 4) is 0 Å². The van der Waals surface area contributed by atoms with Crippen LogP contribution in [0.1, 0.15) is 26.3 Å². The number of hydrogen-bond acceptors (Lipinski definition) is 3. The standard InChI is InChI=1S/C13H20N2O2S/c1-5-10-7-6-8-11-12(10)14-13(2,3)9-15(11)18(4,16)17/h6-8,14H,5,9H2,1-4H3. The Kier molecular flexibility index (Phi) is 3.05. The van der Waals surface area contributed by atoms with Crippen LogP contribution in [0.5, 0.6) is 0 Å². The molecule has 1 aliphatic rings. The zero-order chi connectivity index (χ0) is 13.6. The summed E-state index contributed by atoms with van der Waals surface area (Å²) in [5.41, 5.74) is 2.59. The summed E-state index contributed by atoms with van der Waals surface area (Å²) in [5, 5.41) is 3.45. The largest absolute Gasteiger partial charge is 0.376 e. The number of hydrogen-bond donors (Lipinski definition) is 1. The molecule has 0 fully saturated rings. The number of benzene rings is 1. The van der Waals surface area contributed by atoms with Crippen LogP contribution in [-0.2, 0) is 16.4 Å². The molecule has 1 heterocycles. The molecule has 1 aromatic carbocycles.